The molecule has 39 heteroatoms. The van der Waals surface area contributed by atoms with Crippen LogP contribution in [0.5, 0.6) is 0 Å². The van der Waals surface area contributed by atoms with Gasteiger partial charge in [0.15, 0.2) is 0 Å². The number of fused-ring (bicyclic) bond motifs is 6. The molecule has 0 spiro atoms. The molecule has 6 rings (SSSR count). The molecule has 0 aromatic rings. The second-order valence-corrected chi connectivity index (χ2v) is 7.10. The van der Waals surface area contributed by atoms with Gasteiger partial charge in [0.1, 0.15) is 25.2 Å². The van der Waals surface area contributed by atoms with Crippen molar-refractivity contribution in [2.45, 2.75) is 37.8 Å². The topological polar surface area (TPSA) is 837 Å². The zero-order chi connectivity index (χ0) is 12.5. The minimum atomic E-state index is 0. The number of rotatable bonds is 0. The van der Waals surface area contributed by atoms with E-state index >= 15 is 0 Å². The van der Waals surface area contributed by atoms with Crippen LogP contribution in [0.3, 0.4) is 0 Å². The van der Waals surface area contributed by atoms with Gasteiger partial charge < -0.3 is 169 Å². The molecule has 0 saturated carbocycles. The summed E-state index contributed by atoms with van der Waals surface area (Å²) in [5.41, 5.74) is 8.32. The van der Waals surface area contributed by atoms with E-state index in [0.29, 0.717) is 0 Å². The summed E-state index contributed by atoms with van der Waals surface area (Å²) in [5.74, 6) is 1.98. The van der Waals surface area contributed by atoms with Crippen LogP contribution in [0, 0.1) is 11.8 Å². The number of quaternary nitrogens is 4. The Balaban J connectivity index is -0.00000000293. The van der Waals surface area contributed by atoms with Crippen LogP contribution >= 0.6 is 0 Å². The Hall–Kier alpha value is 4.27. The first kappa shape index (κ1) is 308. The third kappa shape index (κ3) is 102. The van der Waals surface area contributed by atoms with E-state index in [1.165, 1.54) is 65.0 Å². The maximum atomic E-state index is 4.16. The second-order valence-electron chi connectivity index (χ2n) is 7.10. The van der Waals surface area contributed by atoms with E-state index in [4.69, 9.17) is 0 Å². The number of piperidine rings is 6. The average Bonchev–Trinajstić information content (AvgIpc) is 2.41. The van der Waals surface area contributed by atoms with Gasteiger partial charge >= 0.3 is 0 Å². The molecule has 0 radical (unpaired) electrons. The molecule has 0 unspecified atom stereocenters. The van der Waals surface area contributed by atoms with Crippen molar-refractivity contribution in [2.24, 2.45) is 11.8 Å². The van der Waals surface area contributed by atoms with Gasteiger partial charge in [-0.2, -0.15) is 0 Å². The van der Waals surface area contributed by atoms with E-state index in [-0.39, 0.29) is 316 Å². The summed E-state index contributed by atoms with van der Waals surface area (Å²) in [4.78, 5) is 3.61. The fourth-order valence-electron chi connectivity index (χ4n) is 4.52. The normalized spacial score (nSPS) is 16.9. The van der Waals surface area contributed by atoms with E-state index in [9.17, 15) is 0 Å². The Bertz CT molecular complexity index is 315. The minimum absolute atomic E-state index is 0. The monoisotopic (exact) mass is 1470 g/mol. The van der Waals surface area contributed by atoms with Crippen LogP contribution in [0.1, 0.15) is 25.7 Å². The van der Waals surface area contributed by atoms with Crippen LogP contribution in [0.2, 0.25) is 0 Å². The van der Waals surface area contributed by atoms with Crippen molar-refractivity contribution in [2.75, 3.05) is 39.3 Å². The van der Waals surface area contributed by atoms with Gasteiger partial charge in [-0.15, -0.1) is 0 Å². The van der Waals surface area contributed by atoms with Gasteiger partial charge in [-0.05, 0) is 0 Å². The summed E-state index contributed by atoms with van der Waals surface area (Å²) in [5, 5.41) is 0. The summed E-state index contributed by atoms with van der Waals surface area (Å²) < 4.78 is 0. The third-order valence-electron chi connectivity index (χ3n) is 5.91. The SMILES string of the molecule is O.[Mo].[Mo].[Mo].[Mo].[Mo].[Mo].[Mo].[Mo].[NH3+][C@@H]1C[NH+]2CCC1CC2.[NH3+][C@@H]1C[NH+]2CCC1CC2.[O-2].[O-2].[O-2].[O-2].[O-2].[O-2].[O-2].[O-2].[O-2].[O-2].[O-2].[O-2].[O-2].[O-2].[O-2].[O-2].[O-2].[O-2].[O-2].[O-2].[O-2].[O-2].[O-2].[O-2].[O-2].[O-2]. The fraction of sp³-hybridized carbons (Fsp3) is 1.00. The van der Waals surface area contributed by atoms with E-state index in [1.54, 1.807) is 9.80 Å². The van der Waals surface area contributed by atoms with Crippen LogP contribution in [-0.4, -0.2) is 56.8 Å². The van der Waals surface area contributed by atoms with Crippen LogP contribution < -0.4 is 21.3 Å². The molecule has 6 saturated heterocycles. The van der Waals surface area contributed by atoms with Crippen molar-refractivity contribution in [3.63, 3.8) is 0 Å². The molecule has 31 nitrogen and oxygen atoms in total. The average molecular weight is 1460 g/mol. The van der Waals surface area contributed by atoms with Gasteiger partial charge in [-0.25, -0.2) is 0 Å². The van der Waals surface area contributed by atoms with Crippen LogP contribution in [0.25, 0.3) is 0 Å². The smallest absolute Gasteiger partial charge is 0.137 e. The number of hydrogen-bond acceptors (Lipinski definition) is 0. The molecular weight excluding hydrogens is 1420 g/mol. The van der Waals surface area contributed by atoms with Crippen molar-refractivity contribution in [1.82, 2.24) is 0 Å². The summed E-state index contributed by atoms with van der Waals surface area (Å²) in [6.07, 6.45) is 5.79. The molecule has 0 amide bonds. The van der Waals surface area contributed by atoms with Gasteiger partial charge in [0.2, 0.25) is 0 Å². The Morgan fingerprint density at radius 1 is 0.264 bits per heavy atom. The molecule has 368 valence electrons. The summed E-state index contributed by atoms with van der Waals surface area (Å²) in [7, 11) is 0. The van der Waals surface area contributed by atoms with Gasteiger partial charge in [-0.1, -0.05) is 0 Å². The minimum Gasteiger partial charge on any atom is -2.00 e. The molecule has 4 bridgehead atoms. The molecule has 0 aromatic heterocycles. The van der Waals surface area contributed by atoms with Crippen LogP contribution in [0.4, 0.5) is 0 Å². The molecule has 10 N–H and O–H groups in total. The molecule has 6 aliphatic rings. The summed E-state index contributed by atoms with van der Waals surface area (Å²) >= 11 is 0. The standard InChI is InChI=1S/2C7H14N2.8Mo.H2O.26O/c2*8-7-5-9-3-1-6(7)2-4-9;;;;;;;;;;;;;;;;;;;;;;;;;;;;;;;;;;;/h2*6-7H,1-5,8H2;;;;;;;;;1H2;;;;;;;;;;;;;;;;;;;;;;;;;;/q;;;;;;;;;;;26*-2/p+4/t2*7-;;;;;;;;;;;;;;;;;;;;;;;;;;;;;;;;;;;/m11.................................../s1. The Morgan fingerprint density at radius 3 is 0.415 bits per heavy atom. The number of hydrogen-bond donors (Lipinski definition) is 4. The van der Waals surface area contributed by atoms with Crippen LogP contribution in [0.15, 0.2) is 0 Å². The van der Waals surface area contributed by atoms with Gasteiger partial charge in [0.05, 0.1) is 26.2 Å². The number of nitrogens with one attached hydrogen (secondary N) is 2. The van der Waals surface area contributed by atoms with E-state index in [1.807, 2.05) is 0 Å². The third-order valence-corrected chi connectivity index (χ3v) is 5.91. The largest absolute Gasteiger partial charge is 2.00 e. The van der Waals surface area contributed by atoms with Crippen molar-refractivity contribution in [1.29, 1.82) is 0 Å². The van der Waals surface area contributed by atoms with E-state index < -0.39 is 0 Å². The van der Waals surface area contributed by atoms with Gasteiger partial charge in [0, 0.05) is 206 Å². The molecule has 0 aromatic carbocycles. The first-order chi connectivity index (χ1) is 8.72. The van der Waals surface area contributed by atoms with Crippen molar-refractivity contribution in [3.8, 4) is 0 Å². The fourth-order valence-corrected chi connectivity index (χ4v) is 4.52. The Kier molecular flexibility index (Phi) is 959. The van der Waals surface area contributed by atoms with Crippen molar-refractivity contribution in [3.05, 3.63) is 0 Å². The van der Waals surface area contributed by atoms with E-state index in [0.717, 1.165) is 23.9 Å². The molecule has 6 heterocycles. The molecular formula is C14H34Mo8N4O27-48. The molecule has 2 atom stereocenters. The molecule has 6 fully saturated rings. The summed E-state index contributed by atoms with van der Waals surface area (Å²) in [6.45, 7) is 8.41. The first-order valence-corrected chi connectivity index (χ1v) is 8.05. The summed E-state index contributed by atoms with van der Waals surface area (Å²) in [6, 6.07) is 1.56. The predicted molar refractivity (Wildman–Crippen MR) is 91.4 cm³/mol. The first-order valence-electron chi connectivity index (χ1n) is 8.05. The second kappa shape index (κ2) is 165. The van der Waals surface area contributed by atoms with Crippen LogP contribution in [-0.2, 0) is 311 Å². The molecule has 6 aliphatic heterocycles. The van der Waals surface area contributed by atoms with E-state index in [2.05, 4.69) is 11.5 Å². The molecule has 0 aliphatic carbocycles. The quantitative estimate of drug-likeness (QED) is 0.164. The maximum Gasteiger partial charge on any atom is 0.137 e. The zero-order valence-corrected chi connectivity index (χ0v) is 42.2. The Labute approximate surface area is 422 Å². The van der Waals surface area contributed by atoms with Crippen molar-refractivity contribution >= 4 is 0 Å². The van der Waals surface area contributed by atoms with Gasteiger partial charge in [0.25, 0.3) is 0 Å². The van der Waals surface area contributed by atoms with Gasteiger partial charge in [-0.3, -0.25) is 0 Å². The maximum absolute atomic E-state index is 4.16. The predicted octanol–water partition coefficient (Wildman–Crippen LogP) is -8.12. The zero-order valence-electron chi connectivity index (χ0n) is 26.2. The molecule has 53 heavy (non-hydrogen) atoms. The Morgan fingerprint density at radius 2 is 0.377 bits per heavy atom. The van der Waals surface area contributed by atoms with Crippen molar-refractivity contribution < 1.29 is 338 Å².